The van der Waals surface area contributed by atoms with E-state index in [0.29, 0.717) is 6.42 Å². The van der Waals surface area contributed by atoms with Gasteiger partial charge in [0.15, 0.2) is 5.13 Å². The molecule has 1 aromatic heterocycles. The summed E-state index contributed by atoms with van der Waals surface area (Å²) in [6, 6.07) is 8.15. The lowest BCUT2D eigenvalue weighted by atomic mass is 9.72. The summed E-state index contributed by atoms with van der Waals surface area (Å²) in [6.07, 6.45) is 0.659. The van der Waals surface area contributed by atoms with Gasteiger partial charge in [0.05, 0.1) is 11.6 Å². The highest BCUT2D eigenvalue weighted by Gasteiger charge is 2.54. The van der Waals surface area contributed by atoms with Crippen LogP contribution in [0.2, 0.25) is 0 Å². The zero-order valence-electron chi connectivity index (χ0n) is 13.8. The van der Waals surface area contributed by atoms with Crippen LogP contribution in [0.3, 0.4) is 0 Å². The molecule has 3 atom stereocenters. The maximum atomic E-state index is 12.4. The van der Waals surface area contributed by atoms with E-state index in [1.807, 2.05) is 50.2 Å². The molecule has 2 heterocycles. The van der Waals surface area contributed by atoms with Gasteiger partial charge >= 0.3 is 11.9 Å². The van der Waals surface area contributed by atoms with Gasteiger partial charge in [-0.2, -0.15) is 0 Å². The number of aryl methyl sites for hydroxylation is 1. The molecule has 1 aromatic carbocycles. The number of thiazole rings is 1. The highest BCUT2D eigenvalue weighted by molar-refractivity contribution is 7.16. The third-order valence-electron chi connectivity index (χ3n) is 4.82. The van der Waals surface area contributed by atoms with E-state index in [9.17, 15) is 9.59 Å². The number of ether oxygens (including phenoxy) is 1. The molecule has 0 amide bonds. The summed E-state index contributed by atoms with van der Waals surface area (Å²) >= 11 is 1.49. The van der Waals surface area contributed by atoms with Gasteiger partial charge in [-0.3, -0.25) is 9.59 Å². The van der Waals surface area contributed by atoms with Crippen LogP contribution in [0.5, 0.6) is 0 Å². The van der Waals surface area contributed by atoms with Gasteiger partial charge in [-0.25, -0.2) is 4.98 Å². The number of benzene rings is 1. The molecule has 0 unspecified atom stereocenters. The first-order valence-corrected chi connectivity index (χ1v) is 8.76. The minimum atomic E-state index is -0.515. The Morgan fingerprint density at radius 1 is 1.17 bits per heavy atom. The van der Waals surface area contributed by atoms with E-state index >= 15 is 0 Å². The number of hydrogen-bond acceptors (Lipinski definition) is 6. The standard InChI is InChI=1S/C18H18N2O3S/c1-9-4-6-10(7-5-9)11-8-12-15(24-18(19-12)20(2)3)14-13(11)16(21)23-17(14)22/h4-7,11,13-14H,8H2,1-3H3/t11-,13+,14+/m1/s1. The molecule has 1 aliphatic carbocycles. The molecule has 1 saturated heterocycles. The first kappa shape index (κ1) is 15.3. The Bertz CT molecular complexity index is 825. The van der Waals surface area contributed by atoms with Crippen molar-refractivity contribution in [3.05, 3.63) is 46.0 Å². The normalized spacial score (nSPS) is 25.2. The van der Waals surface area contributed by atoms with Gasteiger partial charge in [-0.1, -0.05) is 29.8 Å². The van der Waals surface area contributed by atoms with Crippen molar-refractivity contribution in [3.63, 3.8) is 0 Å². The van der Waals surface area contributed by atoms with Crippen molar-refractivity contribution in [2.45, 2.75) is 25.2 Å². The molecule has 24 heavy (non-hydrogen) atoms. The monoisotopic (exact) mass is 342 g/mol. The molecule has 0 spiro atoms. The Morgan fingerprint density at radius 2 is 1.88 bits per heavy atom. The zero-order chi connectivity index (χ0) is 17.0. The van der Waals surface area contributed by atoms with Crippen LogP contribution in [0.1, 0.15) is 33.5 Å². The summed E-state index contributed by atoms with van der Waals surface area (Å²) in [5.74, 6) is -1.86. The van der Waals surface area contributed by atoms with Crippen molar-refractivity contribution in [2.24, 2.45) is 5.92 Å². The number of rotatable bonds is 2. The molecule has 124 valence electrons. The van der Waals surface area contributed by atoms with Crippen molar-refractivity contribution in [1.29, 1.82) is 0 Å². The molecule has 0 radical (unpaired) electrons. The second-order valence-corrected chi connectivity index (χ2v) is 7.68. The molecule has 5 nitrogen and oxygen atoms in total. The van der Waals surface area contributed by atoms with Crippen molar-refractivity contribution >= 4 is 28.4 Å². The molecule has 2 aromatic rings. The van der Waals surface area contributed by atoms with Crippen LogP contribution in [0, 0.1) is 12.8 Å². The Labute approximate surface area is 144 Å². The quantitative estimate of drug-likeness (QED) is 0.620. The predicted molar refractivity (Wildman–Crippen MR) is 91.4 cm³/mol. The van der Waals surface area contributed by atoms with Crippen molar-refractivity contribution in [2.75, 3.05) is 19.0 Å². The van der Waals surface area contributed by atoms with E-state index in [1.165, 1.54) is 16.9 Å². The summed E-state index contributed by atoms with van der Waals surface area (Å²) in [6.45, 7) is 2.03. The summed E-state index contributed by atoms with van der Waals surface area (Å²) < 4.78 is 5.00. The third-order valence-corrected chi connectivity index (χ3v) is 6.17. The van der Waals surface area contributed by atoms with Gasteiger partial charge < -0.3 is 9.64 Å². The second-order valence-electron chi connectivity index (χ2n) is 6.67. The van der Waals surface area contributed by atoms with Crippen LogP contribution >= 0.6 is 11.3 Å². The maximum absolute atomic E-state index is 12.4. The number of nitrogens with zero attached hydrogens (tertiary/aromatic N) is 2. The highest BCUT2D eigenvalue weighted by Crippen LogP contribution is 2.51. The lowest BCUT2D eigenvalue weighted by Crippen LogP contribution is -2.29. The summed E-state index contributed by atoms with van der Waals surface area (Å²) in [4.78, 5) is 32.2. The number of cyclic esters (lactones) is 2. The Hall–Kier alpha value is -2.21. The number of hydrogen-bond donors (Lipinski definition) is 0. The minimum absolute atomic E-state index is 0.0702. The van der Waals surface area contributed by atoms with E-state index in [2.05, 4.69) is 4.98 Å². The van der Waals surface area contributed by atoms with Gasteiger partial charge in [0.1, 0.15) is 5.92 Å². The SMILES string of the molecule is Cc1ccc([C@H]2Cc3nc(N(C)C)sc3[C@H]3C(=O)OC(=O)[C@@H]23)cc1. The van der Waals surface area contributed by atoms with Crippen LogP contribution in [-0.2, 0) is 20.7 Å². The van der Waals surface area contributed by atoms with Gasteiger partial charge in [0.25, 0.3) is 0 Å². The van der Waals surface area contributed by atoms with E-state index in [1.54, 1.807) is 0 Å². The summed E-state index contributed by atoms with van der Waals surface area (Å²) in [5.41, 5.74) is 3.15. The largest absolute Gasteiger partial charge is 0.392 e. The molecule has 2 aliphatic rings. The zero-order valence-corrected chi connectivity index (χ0v) is 14.6. The lowest BCUT2D eigenvalue weighted by Gasteiger charge is -2.29. The minimum Gasteiger partial charge on any atom is -0.392 e. The van der Waals surface area contributed by atoms with Crippen LogP contribution < -0.4 is 4.90 Å². The van der Waals surface area contributed by atoms with Crippen molar-refractivity contribution < 1.29 is 14.3 Å². The molecular weight excluding hydrogens is 324 g/mol. The maximum Gasteiger partial charge on any atom is 0.322 e. The lowest BCUT2D eigenvalue weighted by molar-refractivity contribution is -0.153. The molecule has 0 bridgehead atoms. The molecule has 4 rings (SSSR count). The average Bonchev–Trinajstić information content (AvgIpc) is 3.09. The number of fused-ring (bicyclic) bond motifs is 3. The smallest absolute Gasteiger partial charge is 0.322 e. The number of esters is 2. The fraction of sp³-hybridized carbons (Fsp3) is 0.389. The fourth-order valence-electron chi connectivity index (χ4n) is 3.59. The molecule has 6 heteroatoms. The van der Waals surface area contributed by atoms with Gasteiger partial charge in [0, 0.05) is 24.9 Å². The molecular formula is C18H18N2O3S. The second kappa shape index (κ2) is 5.41. The van der Waals surface area contributed by atoms with Gasteiger partial charge in [-0.05, 0) is 18.9 Å². The number of carbonyl (C=O) groups excluding carboxylic acids is 2. The average molecular weight is 342 g/mol. The molecule has 0 N–H and O–H groups in total. The molecule has 0 saturated carbocycles. The Balaban J connectivity index is 1.83. The van der Waals surface area contributed by atoms with E-state index in [0.717, 1.165) is 21.3 Å². The number of anilines is 1. The topological polar surface area (TPSA) is 59.5 Å². The van der Waals surface area contributed by atoms with Crippen LogP contribution in [0.4, 0.5) is 5.13 Å². The third kappa shape index (κ3) is 2.24. The van der Waals surface area contributed by atoms with Crippen LogP contribution in [0.15, 0.2) is 24.3 Å². The fourth-order valence-corrected chi connectivity index (χ4v) is 4.74. The van der Waals surface area contributed by atoms with Crippen LogP contribution in [0.25, 0.3) is 0 Å². The number of aromatic nitrogens is 1. The number of carbonyl (C=O) groups is 2. The Morgan fingerprint density at radius 3 is 2.54 bits per heavy atom. The Kier molecular flexibility index (Phi) is 3.46. The van der Waals surface area contributed by atoms with Crippen molar-refractivity contribution in [3.8, 4) is 0 Å². The molecule has 1 fully saturated rings. The van der Waals surface area contributed by atoms with Crippen LogP contribution in [-0.4, -0.2) is 31.0 Å². The van der Waals surface area contributed by atoms with E-state index < -0.39 is 23.8 Å². The highest BCUT2D eigenvalue weighted by atomic mass is 32.1. The van der Waals surface area contributed by atoms with Crippen molar-refractivity contribution in [1.82, 2.24) is 4.98 Å². The van der Waals surface area contributed by atoms with Gasteiger partial charge in [0.2, 0.25) is 0 Å². The summed E-state index contributed by atoms with van der Waals surface area (Å²) in [7, 11) is 3.86. The first-order chi connectivity index (χ1) is 11.5. The van der Waals surface area contributed by atoms with E-state index in [-0.39, 0.29) is 5.92 Å². The van der Waals surface area contributed by atoms with Gasteiger partial charge in [-0.15, -0.1) is 11.3 Å². The van der Waals surface area contributed by atoms with E-state index in [4.69, 9.17) is 4.74 Å². The molecule has 1 aliphatic heterocycles. The predicted octanol–water partition coefficient (Wildman–Crippen LogP) is 2.64. The first-order valence-electron chi connectivity index (χ1n) is 7.94. The summed E-state index contributed by atoms with van der Waals surface area (Å²) in [5, 5.41) is 0.857.